The summed E-state index contributed by atoms with van der Waals surface area (Å²) in [7, 11) is -0.821. The van der Waals surface area contributed by atoms with Crippen LogP contribution in [0.4, 0.5) is 18.9 Å². The van der Waals surface area contributed by atoms with Gasteiger partial charge in [0.05, 0.1) is 16.8 Å². The quantitative estimate of drug-likeness (QED) is 0.825. The van der Waals surface area contributed by atoms with E-state index in [0.29, 0.717) is 31.5 Å². The van der Waals surface area contributed by atoms with Crippen molar-refractivity contribution in [2.45, 2.75) is 64.0 Å². The minimum atomic E-state index is -4.47. The van der Waals surface area contributed by atoms with Gasteiger partial charge in [-0.2, -0.15) is 13.2 Å². The van der Waals surface area contributed by atoms with Crippen molar-refractivity contribution < 1.29 is 27.2 Å². The second-order valence-corrected chi connectivity index (χ2v) is 7.92. The highest BCUT2D eigenvalue weighted by Crippen LogP contribution is 2.38. The highest BCUT2D eigenvalue weighted by molar-refractivity contribution is 6.62. The molecule has 144 valence electrons. The Balaban J connectivity index is 1.87. The van der Waals surface area contributed by atoms with Gasteiger partial charge in [-0.05, 0) is 58.1 Å². The summed E-state index contributed by atoms with van der Waals surface area (Å²) >= 11 is 0. The number of halogens is 3. The third-order valence-electron chi connectivity index (χ3n) is 5.46. The second kappa shape index (κ2) is 6.73. The molecule has 0 amide bonds. The SMILES string of the molecule is CC1(C)OB(c2ccc(NC3CCOCC3)c(C(F)(F)F)c2)OC1(C)C. The number of rotatable bonds is 3. The summed E-state index contributed by atoms with van der Waals surface area (Å²) in [6.07, 6.45) is -3.08. The smallest absolute Gasteiger partial charge is 0.399 e. The van der Waals surface area contributed by atoms with E-state index in [2.05, 4.69) is 5.32 Å². The predicted octanol–water partition coefficient (Wildman–Crippen LogP) is 3.60. The first-order valence-electron chi connectivity index (χ1n) is 8.91. The molecule has 1 N–H and O–H groups in total. The number of hydrogen-bond donors (Lipinski definition) is 1. The van der Waals surface area contributed by atoms with Crippen molar-refractivity contribution in [3.8, 4) is 0 Å². The lowest BCUT2D eigenvalue weighted by Gasteiger charge is -2.32. The molecule has 0 bridgehead atoms. The van der Waals surface area contributed by atoms with Gasteiger partial charge in [0.2, 0.25) is 0 Å². The standard InChI is InChI=1S/C18H25BF3NO3/c1-16(2)17(3,4)26-19(25-16)12-5-6-15(14(11-12)18(20,21)22)23-13-7-9-24-10-8-13/h5-6,11,13,23H,7-10H2,1-4H3. The molecular weight excluding hydrogens is 346 g/mol. The van der Waals surface area contributed by atoms with Crippen LogP contribution in [0.5, 0.6) is 0 Å². The van der Waals surface area contributed by atoms with E-state index in [9.17, 15) is 13.2 Å². The maximum atomic E-state index is 13.6. The first kappa shape index (κ1) is 19.5. The lowest BCUT2D eigenvalue weighted by molar-refractivity contribution is -0.136. The Kier molecular flexibility index (Phi) is 5.05. The molecule has 0 aliphatic carbocycles. The Morgan fingerprint density at radius 1 is 1.04 bits per heavy atom. The summed E-state index contributed by atoms with van der Waals surface area (Å²) in [5.41, 5.74) is -1.45. The van der Waals surface area contributed by atoms with Crippen LogP contribution in [0.2, 0.25) is 0 Å². The third-order valence-corrected chi connectivity index (χ3v) is 5.46. The summed E-state index contributed by atoms with van der Waals surface area (Å²) in [5, 5.41) is 3.02. The number of nitrogens with one attached hydrogen (secondary N) is 1. The van der Waals surface area contributed by atoms with Gasteiger partial charge in [0, 0.05) is 24.9 Å². The zero-order chi connectivity index (χ0) is 19.2. The van der Waals surface area contributed by atoms with Crippen LogP contribution in [-0.2, 0) is 20.2 Å². The van der Waals surface area contributed by atoms with E-state index in [1.165, 1.54) is 6.07 Å². The van der Waals surface area contributed by atoms with Crippen molar-refractivity contribution >= 4 is 18.3 Å². The van der Waals surface area contributed by atoms with Crippen LogP contribution in [0.15, 0.2) is 18.2 Å². The highest BCUT2D eigenvalue weighted by atomic mass is 19.4. The summed E-state index contributed by atoms with van der Waals surface area (Å²) < 4.78 is 57.9. The number of benzene rings is 1. The fourth-order valence-corrected chi connectivity index (χ4v) is 3.11. The van der Waals surface area contributed by atoms with Gasteiger partial charge in [0.15, 0.2) is 0 Å². The lowest BCUT2D eigenvalue weighted by Crippen LogP contribution is -2.41. The Morgan fingerprint density at radius 2 is 1.62 bits per heavy atom. The van der Waals surface area contributed by atoms with E-state index >= 15 is 0 Å². The molecule has 0 radical (unpaired) electrons. The van der Waals surface area contributed by atoms with E-state index in [-0.39, 0.29) is 11.7 Å². The molecule has 3 rings (SSSR count). The van der Waals surface area contributed by atoms with Crippen LogP contribution < -0.4 is 10.8 Å². The van der Waals surface area contributed by atoms with Crippen LogP contribution in [0, 0.1) is 0 Å². The van der Waals surface area contributed by atoms with Gasteiger partial charge in [-0.1, -0.05) is 6.07 Å². The third kappa shape index (κ3) is 3.87. The molecule has 2 saturated heterocycles. The van der Waals surface area contributed by atoms with Crippen molar-refractivity contribution in [3.63, 3.8) is 0 Å². The topological polar surface area (TPSA) is 39.7 Å². The van der Waals surface area contributed by atoms with Crippen LogP contribution in [-0.4, -0.2) is 37.6 Å². The molecule has 2 heterocycles. The maximum Gasteiger partial charge on any atom is 0.494 e. The molecule has 26 heavy (non-hydrogen) atoms. The van der Waals surface area contributed by atoms with Gasteiger partial charge in [-0.15, -0.1) is 0 Å². The molecule has 8 heteroatoms. The first-order valence-corrected chi connectivity index (χ1v) is 8.91. The van der Waals surface area contributed by atoms with Gasteiger partial charge in [-0.25, -0.2) is 0 Å². The summed E-state index contributed by atoms with van der Waals surface area (Å²) in [5.74, 6) is 0. The van der Waals surface area contributed by atoms with Gasteiger partial charge in [-0.3, -0.25) is 0 Å². The zero-order valence-electron chi connectivity index (χ0n) is 15.6. The van der Waals surface area contributed by atoms with Crippen molar-refractivity contribution in [2.24, 2.45) is 0 Å². The van der Waals surface area contributed by atoms with Crippen molar-refractivity contribution in [1.82, 2.24) is 0 Å². The maximum absolute atomic E-state index is 13.6. The van der Waals surface area contributed by atoms with Crippen LogP contribution >= 0.6 is 0 Å². The molecule has 0 atom stereocenters. The average molecular weight is 371 g/mol. The number of ether oxygens (including phenoxy) is 1. The van der Waals surface area contributed by atoms with Crippen molar-refractivity contribution in [2.75, 3.05) is 18.5 Å². The van der Waals surface area contributed by atoms with E-state index < -0.39 is 30.1 Å². The Bertz CT molecular complexity index is 642. The summed E-state index contributed by atoms with van der Waals surface area (Å²) in [6, 6.07) is 4.22. The number of anilines is 1. The van der Waals surface area contributed by atoms with Crippen LogP contribution in [0.1, 0.15) is 46.1 Å². The van der Waals surface area contributed by atoms with Crippen molar-refractivity contribution in [3.05, 3.63) is 23.8 Å². The van der Waals surface area contributed by atoms with Crippen molar-refractivity contribution in [1.29, 1.82) is 0 Å². The fourth-order valence-electron chi connectivity index (χ4n) is 3.11. The Morgan fingerprint density at radius 3 is 2.15 bits per heavy atom. The summed E-state index contributed by atoms with van der Waals surface area (Å²) in [4.78, 5) is 0. The molecule has 0 unspecified atom stereocenters. The molecule has 2 aliphatic heterocycles. The molecular formula is C18H25BF3NO3. The number of hydrogen-bond acceptors (Lipinski definition) is 4. The van der Waals surface area contributed by atoms with Gasteiger partial charge < -0.3 is 19.4 Å². The molecule has 0 aromatic heterocycles. The minimum absolute atomic E-state index is 0.0208. The largest absolute Gasteiger partial charge is 0.494 e. The minimum Gasteiger partial charge on any atom is -0.399 e. The van der Waals surface area contributed by atoms with Crippen LogP contribution in [0.3, 0.4) is 0 Å². The average Bonchev–Trinajstić information content (AvgIpc) is 2.76. The summed E-state index contributed by atoms with van der Waals surface area (Å²) in [6.45, 7) is 8.62. The van der Waals surface area contributed by atoms with Gasteiger partial charge in [0.1, 0.15) is 0 Å². The predicted molar refractivity (Wildman–Crippen MR) is 94.6 cm³/mol. The number of alkyl halides is 3. The Labute approximate surface area is 152 Å². The van der Waals surface area contributed by atoms with Gasteiger partial charge in [0.25, 0.3) is 0 Å². The van der Waals surface area contributed by atoms with Gasteiger partial charge >= 0.3 is 13.3 Å². The first-order chi connectivity index (χ1) is 12.0. The zero-order valence-corrected chi connectivity index (χ0v) is 15.6. The second-order valence-electron chi connectivity index (χ2n) is 7.92. The molecule has 0 saturated carbocycles. The Hall–Kier alpha value is -1.25. The fraction of sp³-hybridized carbons (Fsp3) is 0.667. The van der Waals surface area contributed by atoms with E-state index in [4.69, 9.17) is 14.0 Å². The monoisotopic (exact) mass is 371 g/mol. The molecule has 1 aromatic rings. The van der Waals surface area contributed by atoms with E-state index in [1.54, 1.807) is 6.07 Å². The van der Waals surface area contributed by atoms with Crippen LogP contribution in [0.25, 0.3) is 0 Å². The molecule has 2 fully saturated rings. The molecule has 4 nitrogen and oxygen atoms in total. The lowest BCUT2D eigenvalue weighted by atomic mass is 9.78. The highest BCUT2D eigenvalue weighted by Gasteiger charge is 2.52. The molecule has 2 aliphatic rings. The normalized spacial score (nSPS) is 23.3. The molecule has 1 aromatic carbocycles. The molecule has 0 spiro atoms. The van der Waals surface area contributed by atoms with E-state index in [1.807, 2.05) is 27.7 Å². The van der Waals surface area contributed by atoms with E-state index in [0.717, 1.165) is 6.07 Å².